The second-order valence-corrected chi connectivity index (χ2v) is 6.69. The number of hydrazone groups is 1. The Morgan fingerprint density at radius 3 is 2.77 bits per heavy atom. The van der Waals surface area contributed by atoms with Gasteiger partial charge in [0.25, 0.3) is 0 Å². The van der Waals surface area contributed by atoms with E-state index in [-0.39, 0.29) is 0 Å². The molecule has 0 aromatic heterocycles. The van der Waals surface area contributed by atoms with E-state index in [1.165, 1.54) is 0 Å². The van der Waals surface area contributed by atoms with E-state index in [2.05, 4.69) is 15.5 Å². The van der Waals surface area contributed by atoms with Crippen LogP contribution in [0.1, 0.15) is 11.1 Å². The highest BCUT2D eigenvalue weighted by atomic mass is 35.5. The fourth-order valence-corrected chi connectivity index (χ4v) is 3.81. The van der Waals surface area contributed by atoms with Gasteiger partial charge in [-0.1, -0.05) is 29.4 Å². The molecule has 1 N–H and O–H groups in total. The smallest absolute Gasteiger partial charge is 0.168 e. The number of methoxy groups -OCH3 is 1. The van der Waals surface area contributed by atoms with Gasteiger partial charge in [0.1, 0.15) is 10.8 Å². The van der Waals surface area contributed by atoms with E-state index in [1.54, 1.807) is 18.9 Å². The van der Waals surface area contributed by atoms with Gasteiger partial charge in [-0.25, -0.2) is 0 Å². The molecule has 1 atom stereocenters. The van der Waals surface area contributed by atoms with Crippen molar-refractivity contribution in [3.63, 3.8) is 0 Å². The summed E-state index contributed by atoms with van der Waals surface area (Å²) in [6, 6.07) is 13.6. The van der Waals surface area contributed by atoms with Gasteiger partial charge in [-0.2, -0.15) is 5.10 Å². The number of halogens is 1. The van der Waals surface area contributed by atoms with E-state index in [9.17, 15) is 0 Å². The fourth-order valence-electron chi connectivity index (χ4n) is 2.52. The molecule has 2 aromatic rings. The third kappa shape index (κ3) is 2.09. The predicted molar refractivity (Wildman–Crippen MR) is 91.5 cm³/mol. The van der Waals surface area contributed by atoms with Crippen molar-refractivity contribution in [2.75, 3.05) is 7.11 Å². The van der Waals surface area contributed by atoms with Crippen LogP contribution < -0.4 is 10.2 Å². The zero-order valence-corrected chi connectivity index (χ0v) is 13.3. The monoisotopic (exact) mass is 329 g/mol. The van der Waals surface area contributed by atoms with Gasteiger partial charge in [0, 0.05) is 22.4 Å². The minimum atomic E-state index is -0.435. The molecule has 0 amide bonds. The lowest BCUT2D eigenvalue weighted by Gasteiger charge is -2.20. The molecule has 0 bridgehead atoms. The molecule has 0 aliphatic carbocycles. The molecule has 1 unspecified atom stereocenters. The van der Waals surface area contributed by atoms with E-state index in [4.69, 9.17) is 16.3 Å². The van der Waals surface area contributed by atoms with Gasteiger partial charge in [0.2, 0.25) is 0 Å². The molecule has 110 valence electrons. The number of hydrogen-bond acceptors (Lipinski definition) is 5. The highest BCUT2D eigenvalue weighted by molar-refractivity contribution is 8.16. The standard InChI is InChI=1S/C16H12ClN3OS/c1-21-12-5-2-10(3-6-12)15-19-20-16(22-15)9-18-14-8-11(17)4-7-13(14)16/h2-9,20H,1H3. The van der Waals surface area contributed by atoms with Crippen LogP contribution in [0.4, 0.5) is 5.69 Å². The van der Waals surface area contributed by atoms with E-state index >= 15 is 0 Å². The summed E-state index contributed by atoms with van der Waals surface area (Å²) >= 11 is 7.67. The van der Waals surface area contributed by atoms with Crippen LogP contribution in [0.25, 0.3) is 0 Å². The Kier molecular flexibility index (Phi) is 3.13. The first kappa shape index (κ1) is 13.7. The molecule has 2 aliphatic heterocycles. The van der Waals surface area contributed by atoms with Gasteiger partial charge >= 0.3 is 0 Å². The maximum atomic E-state index is 6.03. The Morgan fingerprint density at radius 2 is 2.00 bits per heavy atom. The molecule has 0 fully saturated rings. The largest absolute Gasteiger partial charge is 0.497 e. The summed E-state index contributed by atoms with van der Waals surface area (Å²) in [6.07, 6.45) is 1.89. The first-order valence-corrected chi connectivity index (χ1v) is 7.93. The number of ether oxygens (including phenoxy) is 1. The van der Waals surface area contributed by atoms with Gasteiger partial charge in [0.05, 0.1) is 12.8 Å². The number of aliphatic imine (C=N–C) groups is 1. The molecule has 2 aromatic carbocycles. The zero-order chi connectivity index (χ0) is 15.2. The first-order chi connectivity index (χ1) is 10.7. The highest BCUT2D eigenvalue weighted by Gasteiger charge is 2.42. The maximum absolute atomic E-state index is 6.03. The maximum Gasteiger partial charge on any atom is 0.168 e. The van der Waals surface area contributed by atoms with E-state index in [0.29, 0.717) is 5.02 Å². The molecule has 2 heterocycles. The van der Waals surface area contributed by atoms with Crippen molar-refractivity contribution < 1.29 is 4.74 Å². The first-order valence-electron chi connectivity index (χ1n) is 6.74. The van der Waals surface area contributed by atoms with Crippen LogP contribution in [-0.2, 0) is 4.87 Å². The van der Waals surface area contributed by atoms with Crippen LogP contribution in [0.5, 0.6) is 5.75 Å². The Balaban J connectivity index is 1.64. The SMILES string of the molecule is COc1ccc(C2=NNC3(C=Nc4cc(Cl)ccc43)S2)cc1. The minimum Gasteiger partial charge on any atom is -0.497 e. The summed E-state index contributed by atoms with van der Waals surface area (Å²) in [4.78, 5) is 4.03. The van der Waals surface area contributed by atoms with E-state index < -0.39 is 4.87 Å². The van der Waals surface area contributed by atoms with Crippen LogP contribution in [0.2, 0.25) is 5.02 Å². The van der Waals surface area contributed by atoms with Crippen molar-refractivity contribution in [3.05, 3.63) is 58.6 Å². The summed E-state index contributed by atoms with van der Waals surface area (Å²) in [7, 11) is 1.66. The quantitative estimate of drug-likeness (QED) is 0.908. The van der Waals surface area contributed by atoms with Crippen LogP contribution in [0.3, 0.4) is 0 Å². The summed E-state index contributed by atoms with van der Waals surface area (Å²) in [5.41, 5.74) is 6.22. The average molecular weight is 330 g/mol. The Bertz CT molecular complexity index is 804. The second kappa shape index (κ2) is 5.04. The van der Waals surface area contributed by atoms with Gasteiger partial charge in [-0.15, -0.1) is 0 Å². The summed E-state index contributed by atoms with van der Waals surface area (Å²) in [5, 5.41) is 6.10. The second-order valence-electron chi connectivity index (χ2n) is 5.01. The molecular formula is C16H12ClN3OS. The lowest BCUT2D eigenvalue weighted by Crippen LogP contribution is -2.32. The number of benzene rings is 2. The number of nitrogens with one attached hydrogen (secondary N) is 1. The van der Waals surface area contributed by atoms with Crippen LogP contribution in [0, 0.1) is 0 Å². The zero-order valence-electron chi connectivity index (χ0n) is 11.7. The van der Waals surface area contributed by atoms with Crippen molar-refractivity contribution in [2.45, 2.75) is 4.87 Å². The van der Waals surface area contributed by atoms with Crippen LogP contribution >= 0.6 is 23.4 Å². The number of nitrogens with zero attached hydrogens (tertiary/aromatic N) is 2. The van der Waals surface area contributed by atoms with Crippen LogP contribution in [0.15, 0.2) is 52.6 Å². The van der Waals surface area contributed by atoms with Gasteiger partial charge in [-0.3, -0.25) is 10.4 Å². The molecule has 2 aliphatic rings. The predicted octanol–water partition coefficient (Wildman–Crippen LogP) is 3.92. The topological polar surface area (TPSA) is 46.0 Å². The number of thioether (sulfide) groups is 1. The molecule has 0 saturated carbocycles. The van der Waals surface area contributed by atoms with E-state index in [0.717, 1.165) is 27.6 Å². The van der Waals surface area contributed by atoms with Gasteiger partial charge in [-0.05, 0) is 36.4 Å². The van der Waals surface area contributed by atoms with Crippen molar-refractivity contribution >= 4 is 40.3 Å². The van der Waals surface area contributed by atoms with Crippen molar-refractivity contribution in [3.8, 4) is 5.75 Å². The number of hydrogen-bond donors (Lipinski definition) is 1. The normalized spacial score (nSPS) is 21.6. The molecule has 22 heavy (non-hydrogen) atoms. The Morgan fingerprint density at radius 1 is 1.18 bits per heavy atom. The third-order valence-corrected chi connectivity index (χ3v) is 5.16. The Hall–Kier alpha value is -1.98. The van der Waals surface area contributed by atoms with Crippen molar-refractivity contribution in [1.29, 1.82) is 0 Å². The molecule has 0 saturated heterocycles. The third-order valence-electron chi connectivity index (χ3n) is 3.66. The number of fused-ring (bicyclic) bond motifs is 2. The highest BCUT2D eigenvalue weighted by Crippen LogP contribution is 2.47. The summed E-state index contributed by atoms with van der Waals surface area (Å²) in [6.45, 7) is 0. The van der Waals surface area contributed by atoms with E-state index in [1.807, 2.05) is 48.7 Å². The van der Waals surface area contributed by atoms with Gasteiger partial charge < -0.3 is 4.74 Å². The van der Waals surface area contributed by atoms with Crippen molar-refractivity contribution in [1.82, 2.24) is 5.43 Å². The van der Waals surface area contributed by atoms with Crippen molar-refractivity contribution in [2.24, 2.45) is 10.1 Å². The molecule has 6 heteroatoms. The summed E-state index contributed by atoms with van der Waals surface area (Å²) in [5.74, 6) is 0.831. The molecule has 0 radical (unpaired) electrons. The lowest BCUT2D eigenvalue weighted by atomic mass is 10.1. The minimum absolute atomic E-state index is 0.435. The number of rotatable bonds is 2. The molecule has 4 nitrogen and oxygen atoms in total. The van der Waals surface area contributed by atoms with Gasteiger partial charge in [0.15, 0.2) is 4.87 Å². The fraction of sp³-hybridized carbons (Fsp3) is 0.125. The lowest BCUT2D eigenvalue weighted by molar-refractivity contribution is 0.415. The average Bonchev–Trinajstić information content (AvgIpc) is 3.13. The molecule has 1 spiro atoms. The Labute approximate surface area is 137 Å². The molecular weight excluding hydrogens is 318 g/mol. The molecule has 4 rings (SSSR count). The summed E-state index contributed by atoms with van der Waals surface area (Å²) < 4.78 is 5.19. The van der Waals surface area contributed by atoms with Crippen LogP contribution in [-0.4, -0.2) is 18.4 Å².